The van der Waals surface area contributed by atoms with Crippen molar-refractivity contribution in [3.63, 3.8) is 0 Å². The Morgan fingerprint density at radius 1 is 1.30 bits per heavy atom. The normalized spacial score (nSPS) is 10.5. The number of amides is 1. The number of aryl methyl sites for hydroxylation is 2. The highest BCUT2D eigenvalue weighted by Crippen LogP contribution is 2.15. The molecule has 0 bridgehead atoms. The van der Waals surface area contributed by atoms with Gasteiger partial charge in [-0.15, -0.1) is 0 Å². The third-order valence-corrected chi connectivity index (χ3v) is 3.21. The van der Waals surface area contributed by atoms with Gasteiger partial charge >= 0.3 is 0 Å². The van der Waals surface area contributed by atoms with Crippen molar-refractivity contribution in [3.8, 4) is 0 Å². The van der Waals surface area contributed by atoms with Crippen molar-refractivity contribution in [2.24, 2.45) is 0 Å². The van der Waals surface area contributed by atoms with Gasteiger partial charge in [0.15, 0.2) is 0 Å². The van der Waals surface area contributed by atoms with Gasteiger partial charge in [0.25, 0.3) is 0 Å². The van der Waals surface area contributed by atoms with Gasteiger partial charge in [0, 0.05) is 5.69 Å². The summed E-state index contributed by atoms with van der Waals surface area (Å²) in [6.45, 7) is 1.98. The molecule has 106 valence electrons. The quantitative estimate of drug-likeness (QED) is 0.788. The first-order chi connectivity index (χ1) is 9.70. The summed E-state index contributed by atoms with van der Waals surface area (Å²) < 4.78 is 0. The average molecular weight is 273 g/mol. The van der Waals surface area contributed by atoms with E-state index in [9.17, 15) is 4.79 Å². The minimum atomic E-state index is -0.194. The number of nitrogens with one attached hydrogen (secondary N) is 2. The van der Waals surface area contributed by atoms with Crippen molar-refractivity contribution in [1.29, 1.82) is 0 Å². The molecule has 0 aliphatic heterocycles. The van der Waals surface area contributed by atoms with Gasteiger partial charge in [-0.05, 0) is 30.9 Å². The Bertz CT molecular complexity index is 564. The zero-order valence-corrected chi connectivity index (χ0v) is 11.8. The third kappa shape index (κ3) is 3.68. The summed E-state index contributed by atoms with van der Waals surface area (Å²) in [5.41, 5.74) is 6.50. The average Bonchev–Trinajstić information content (AvgIpc) is 2.78. The van der Waals surface area contributed by atoms with Gasteiger partial charge in [-0.1, -0.05) is 30.3 Å². The van der Waals surface area contributed by atoms with E-state index in [4.69, 9.17) is 0 Å². The van der Waals surface area contributed by atoms with Gasteiger partial charge < -0.3 is 0 Å². The fraction of sp³-hybridized carbons (Fsp3) is 0.333. The zero-order valence-electron chi connectivity index (χ0n) is 11.8. The Kier molecular flexibility index (Phi) is 4.90. The summed E-state index contributed by atoms with van der Waals surface area (Å²) in [4.78, 5) is 16.2. The predicted octanol–water partition coefficient (Wildman–Crippen LogP) is 1.72. The van der Waals surface area contributed by atoms with Crippen LogP contribution in [-0.4, -0.2) is 23.2 Å². The lowest BCUT2D eigenvalue weighted by atomic mass is 10.0. The lowest BCUT2D eigenvalue weighted by molar-refractivity contribution is -0.130. The molecule has 20 heavy (non-hydrogen) atoms. The monoisotopic (exact) mass is 273 g/mol. The molecular weight excluding hydrogens is 254 g/mol. The first kappa shape index (κ1) is 14.3. The van der Waals surface area contributed by atoms with E-state index in [0.29, 0.717) is 0 Å². The van der Waals surface area contributed by atoms with E-state index in [-0.39, 0.29) is 12.3 Å². The van der Waals surface area contributed by atoms with Crippen LogP contribution < -0.4 is 5.48 Å². The molecule has 0 atom stereocenters. The Labute approximate surface area is 118 Å². The van der Waals surface area contributed by atoms with Crippen LogP contribution in [0.4, 0.5) is 0 Å². The van der Waals surface area contributed by atoms with Crippen molar-refractivity contribution >= 4 is 5.91 Å². The number of aromatic amines is 1. The first-order valence-corrected chi connectivity index (χ1v) is 6.59. The molecule has 1 aromatic carbocycles. The molecule has 0 saturated heterocycles. The third-order valence-electron chi connectivity index (χ3n) is 3.21. The van der Waals surface area contributed by atoms with Gasteiger partial charge in [0.2, 0.25) is 5.91 Å². The molecule has 0 fully saturated rings. The summed E-state index contributed by atoms with van der Waals surface area (Å²) in [7, 11) is 1.42. The SMILES string of the molecule is CONC(=O)Cc1n[nH]c(C)c1CCc1ccccc1. The second kappa shape index (κ2) is 6.86. The van der Waals surface area contributed by atoms with E-state index in [2.05, 4.69) is 32.6 Å². The number of aromatic nitrogens is 2. The van der Waals surface area contributed by atoms with E-state index >= 15 is 0 Å². The highest BCUT2D eigenvalue weighted by molar-refractivity contribution is 5.77. The minimum absolute atomic E-state index is 0.194. The molecule has 5 heteroatoms. The van der Waals surface area contributed by atoms with E-state index in [1.54, 1.807) is 0 Å². The molecule has 1 amide bonds. The maximum atomic E-state index is 11.6. The van der Waals surface area contributed by atoms with Crippen LogP contribution in [0.1, 0.15) is 22.5 Å². The number of hydroxylamine groups is 1. The molecule has 5 nitrogen and oxygen atoms in total. The predicted molar refractivity (Wildman–Crippen MR) is 76.0 cm³/mol. The highest BCUT2D eigenvalue weighted by Gasteiger charge is 2.13. The van der Waals surface area contributed by atoms with Crippen LogP contribution in [0.3, 0.4) is 0 Å². The topological polar surface area (TPSA) is 67.0 Å². The second-order valence-corrected chi connectivity index (χ2v) is 4.67. The standard InChI is InChI=1S/C15H19N3O2/c1-11-13(9-8-12-6-4-3-5-7-12)14(17-16-11)10-15(19)18-20-2/h3-7H,8-10H2,1-2H3,(H,16,17)(H,18,19). The van der Waals surface area contributed by atoms with Crippen molar-refractivity contribution in [1.82, 2.24) is 15.7 Å². The van der Waals surface area contributed by atoms with Crippen LogP contribution in [0.15, 0.2) is 30.3 Å². The number of rotatable bonds is 6. The minimum Gasteiger partial charge on any atom is -0.282 e. The number of hydrogen-bond donors (Lipinski definition) is 2. The lowest BCUT2D eigenvalue weighted by Gasteiger charge is -2.05. The van der Waals surface area contributed by atoms with Crippen molar-refractivity contribution in [3.05, 3.63) is 52.8 Å². The molecule has 2 rings (SSSR count). The Morgan fingerprint density at radius 2 is 2.05 bits per heavy atom. The van der Waals surface area contributed by atoms with Crippen LogP contribution in [0.25, 0.3) is 0 Å². The number of hydrogen-bond acceptors (Lipinski definition) is 3. The molecule has 2 aromatic rings. The number of benzene rings is 1. The largest absolute Gasteiger partial charge is 0.282 e. The highest BCUT2D eigenvalue weighted by atomic mass is 16.6. The summed E-state index contributed by atoms with van der Waals surface area (Å²) in [5.74, 6) is -0.194. The number of carbonyl (C=O) groups is 1. The summed E-state index contributed by atoms with van der Waals surface area (Å²) in [6, 6.07) is 10.3. The summed E-state index contributed by atoms with van der Waals surface area (Å²) in [6.07, 6.45) is 2.02. The van der Waals surface area contributed by atoms with E-state index in [0.717, 1.165) is 29.8 Å². The van der Waals surface area contributed by atoms with Crippen molar-refractivity contribution < 1.29 is 9.63 Å². The number of nitrogens with zero attached hydrogens (tertiary/aromatic N) is 1. The molecule has 0 spiro atoms. The van der Waals surface area contributed by atoms with Gasteiger partial charge in [0.05, 0.1) is 19.2 Å². The van der Waals surface area contributed by atoms with Crippen molar-refractivity contribution in [2.45, 2.75) is 26.2 Å². The Hall–Kier alpha value is -2.14. The van der Waals surface area contributed by atoms with Gasteiger partial charge in [0.1, 0.15) is 0 Å². The van der Waals surface area contributed by atoms with E-state index in [1.807, 2.05) is 25.1 Å². The molecule has 1 aromatic heterocycles. The molecule has 0 saturated carbocycles. The molecular formula is C15H19N3O2. The van der Waals surface area contributed by atoms with Crippen LogP contribution in [0, 0.1) is 6.92 Å². The van der Waals surface area contributed by atoms with Gasteiger partial charge in [-0.25, -0.2) is 5.48 Å². The molecule has 0 aliphatic rings. The Balaban J connectivity index is 2.03. The fourth-order valence-electron chi connectivity index (χ4n) is 2.20. The lowest BCUT2D eigenvalue weighted by Crippen LogP contribution is -2.24. The van der Waals surface area contributed by atoms with Crippen molar-refractivity contribution in [2.75, 3.05) is 7.11 Å². The van der Waals surface area contributed by atoms with Crippen LogP contribution in [0.2, 0.25) is 0 Å². The van der Waals surface area contributed by atoms with E-state index in [1.165, 1.54) is 12.7 Å². The second-order valence-electron chi connectivity index (χ2n) is 4.67. The van der Waals surface area contributed by atoms with Gasteiger partial charge in [-0.2, -0.15) is 5.10 Å². The van der Waals surface area contributed by atoms with Crippen LogP contribution in [0.5, 0.6) is 0 Å². The fourth-order valence-corrected chi connectivity index (χ4v) is 2.20. The summed E-state index contributed by atoms with van der Waals surface area (Å²) >= 11 is 0. The van der Waals surface area contributed by atoms with Gasteiger partial charge in [-0.3, -0.25) is 14.7 Å². The number of H-pyrrole nitrogens is 1. The first-order valence-electron chi connectivity index (χ1n) is 6.59. The maximum Gasteiger partial charge on any atom is 0.249 e. The molecule has 0 unspecified atom stereocenters. The Morgan fingerprint density at radius 3 is 2.75 bits per heavy atom. The van der Waals surface area contributed by atoms with Crippen LogP contribution in [-0.2, 0) is 28.9 Å². The number of carbonyl (C=O) groups excluding carboxylic acids is 1. The van der Waals surface area contributed by atoms with E-state index < -0.39 is 0 Å². The van der Waals surface area contributed by atoms with Crippen LogP contribution >= 0.6 is 0 Å². The molecule has 2 N–H and O–H groups in total. The maximum absolute atomic E-state index is 11.6. The summed E-state index contributed by atoms with van der Waals surface area (Å²) in [5, 5.41) is 7.16. The molecule has 0 radical (unpaired) electrons. The molecule has 1 heterocycles. The zero-order chi connectivity index (χ0) is 14.4. The molecule has 0 aliphatic carbocycles. The smallest absolute Gasteiger partial charge is 0.249 e.